The van der Waals surface area contributed by atoms with Crippen LogP contribution in [0.4, 0.5) is 0 Å². The average molecular weight is 341 g/mol. The van der Waals surface area contributed by atoms with Crippen LogP contribution in [0.25, 0.3) is 0 Å². The highest BCUT2D eigenvalue weighted by atomic mass is 32.2. The molecule has 4 heteroatoms. The van der Waals surface area contributed by atoms with Gasteiger partial charge in [-0.1, -0.05) is 24.3 Å². The Balaban J connectivity index is 1.62. The molecule has 2 aromatic carbocycles. The van der Waals surface area contributed by atoms with Crippen LogP contribution in [-0.2, 0) is 11.2 Å². The molecule has 1 aliphatic rings. The third-order valence-electron chi connectivity index (χ3n) is 4.62. The fourth-order valence-corrected chi connectivity index (χ4v) is 4.05. The molecule has 0 saturated heterocycles. The van der Waals surface area contributed by atoms with Gasteiger partial charge in [-0.3, -0.25) is 4.79 Å². The third-order valence-corrected chi connectivity index (χ3v) is 5.62. The van der Waals surface area contributed by atoms with Crippen molar-refractivity contribution in [1.82, 2.24) is 4.90 Å². The highest BCUT2D eigenvalue weighted by Crippen LogP contribution is 2.34. The van der Waals surface area contributed by atoms with E-state index in [1.165, 1.54) is 11.1 Å². The maximum Gasteiger partial charge on any atom is 0.233 e. The number of benzene rings is 2. The van der Waals surface area contributed by atoms with Crippen LogP contribution in [0.1, 0.15) is 30.0 Å². The van der Waals surface area contributed by atoms with Crippen molar-refractivity contribution in [3.8, 4) is 5.75 Å². The first-order chi connectivity index (χ1) is 11.7. The summed E-state index contributed by atoms with van der Waals surface area (Å²) in [6, 6.07) is 16.6. The Morgan fingerprint density at radius 2 is 1.96 bits per heavy atom. The summed E-state index contributed by atoms with van der Waals surface area (Å²) in [5, 5.41) is 0. The molecule has 0 bridgehead atoms. The van der Waals surface area contributed by atoms with Gasteiger partial charge in [-0.15, -0.1) is 11.8 Å². The topological polar surface area (TPSA) is 29.5 Å². The first-order valence-corrected chi connectivity index (χ1v) is 9.28. The monoisotopic (exact) mass is 341 g/mol. The molecule has 0 spiro atoms. The molecule has 2 aromatic rings. The summed E-state index contributed by atoms with van der Waals surface area (Å²) in [5.41, 5.74) is 2.70. The van der Waals surface area contributed by atoms with E-state index in [1.807, 2.05) is 36.2 Å². The predicted molar refractivity (Wildman–Crippen MR) is 98.6 cm³/mol. The number of amides is 1. The van der Waals surface area contributed by atoms with E-state index in [0.717, 1.165) is 29.9 Å². The number of fused-ring (bicyclic) bond motifs is 1. The Kier molecular flexibility index (Phi) is 5.46. The molecule has 24 heavy (non-hydrogen) atoms. The first kappa shape index (κ1) is 16.9. The van der Waals surface area contributed by atoms with Crippen LogP contribution < -0.4 is 4.74 Å². The summed E-state index contributed by atoms with van der Waals surface area (Å²) < 4.78 is 5.16. The van der Waals surface area contributed by atoms with Gasteiger partial charge in [-0.25, -0.2) is 0 Å². The number of carbonyl (C=O) groups is 1. The van der Waals surface area contributed by atoms with Crippen molar-refractivity contribution in [1.29, 1.82) is 0 Å². The predicted octanol–water partition coefficient (Wildman–Crippen LogP) is 4.32. The summed E-state index contributed by atoms with van der Waals surface area (Å²) in [7, 11) is 3.59. The van der Waals surface area contributed by atoms with Crippen molar-refractivity contribution in [3.05, 3.63) is 59.7 Å². The minimum atomic E-state index is 0.178. The van der Waals surface area contributed by atoms with Crippen LogP contribution in [0.2, 0.25) is 0 Å². The lowest BCUT2D eigenvalue weighted by Gasteiger charge is -2.33. The van der Waals surface area contributed by atoms with E-state index in [9.17, 15) is 4.79 Å². The molecule has 3 nitrogen and oxygen atoms in total. The fraction of sp³-hybridized carbons (Fsp3) is 0.350. The molecule has 0 N–H and O–H groups in total. The smallest absolute Gasteiger partial charge is 0.233 e. The maximum atomic E-state index is 12.6. The van der Waals surface area contributed by atoms with Crippen molar-refractivity contribution in [2.75, 3.05) is 19.9 Å². The first-order valence-electron chi connectivity index (χ1n) is 8.29. The Bertz CT molecular complexity index is 699. The van der Waals surface area contributed by atoms with Crippen LogP contribution in [0.3, 0.4) is 0 Å². The van der Waals surface area contributed by atoms with Crippen LogP contribution in [-0.4, -0.2) is 30.7 Å². The minimum Gasteiger partial charge on any atom is -0.497 e. The van der Waals surface area contributed by atoms with Crippen LogP contribution in [0.5, 0.6) is 5.75 Å². The lowest BCUT2D eigenvalue weighted by Crippen LogP contribution is -2.34. The Hall–Kier alpha value is -1.94. The average Bonchev–Trinajstić information content (AvgIpc) is 2.65. The maximum absolute atomic E-state index is 12.6. The number of thioether (sulfide) groups is 1. The zero-order chi connectivity index (χ0) is 16.9. The molecular weight excluding hydrogens is 318 g/mol. The Morgan fingerprint density at radius 1 is 1.21 bits per heavy atom. The van der Waals surface area contributed by atoms with Crippen LogP contribution >= 0.6 is 11.8 Å². The third kappa shape index (κ3) is 3.75. The number of aryl methyl sites for hydroxylation is 1. The van der Waals surface area contributed by atoms with Gasteiger partial charge >= 0.3 is 0 Å². The molecule has 0 fully saturated rings. The SMILES string of the molecule is COc1ccc(SCC(=O)N(C)C2CCCc3ccccc32)cc1. The van der Waals surface area contributed by atoms with Crippen molar-refractivity contribution in [2.24, 2.45) is 0 Å². The number of nitrogens with zero attached hydrogens (tertiary/aromatic N) is 1. The molecule has 126 valence electrons. The minimum absolute atomic E-state index is 0.178. The number of methoxy groups -OCH3 is 1. The molecule has 1 aliphatic carbocycles. The quantitative estimate of drug-likeness (QED) is 0.759. The number of ether oxygens (including phenoxy) is 1. The van der Waals surface area contributed by atoms with Gasteiger partial charge in [0, 0.05) is 11.9 Å². The lowest BCUT2D eigenvalue weighted by atomic mass is 9.87. The van der Waals surface area contributed by atoms with Crippen molar-refractivity contribution in [3.63, 3.8) is 0 Å². The number of carbonyl (C=O) groups excluding carboxylic acids is 1. The second-order valence-electron chi connectivity index (χ2n) is 6.08. The summed E-state index contributed by atoms with van der Waals surface area (Å²) in [6.07, 6.45) is 3.31. The lowest BCUT2D eigenvalue weighted by molar-refractivity contribution is -0.129. The second kappa shape index (κ2) is 7.75. The molecule has 0 aromatic heterocycles. The van der Waals surface area contributed by atoms with Gasteiger partial charge in [-0.2, -0.15) is 0 Å². The van der Waals surface area contributed by atoms with E-state index in [1.54, 1.807) is 18.9 Å². The van der Waals surface area contributed by atoms with E-state index in [-0.39, 0.29) is 11.9 Å². The van der Waals surface area contributed by atoms with Gasteiger partial charge in [-0.05, 0) is 54.7 Å². The van der Waals surface area contributed by atoms with E-state index in [0.29, 0.717) is 5.75 Å². The molecule has 1 amide bonds. The largest absolute Gasteiger partial charge is 0.497 e. The highest BCUT2D eigenvalue weighted by molar-refractivity contribution is 8.00. The van der Waals surface area contributed by atoms with Crippen LogP contribution in [0.15, 0.2) is 53.4 Å². The second-order valence-corrected chi connectivity index (χ2v) is 7.12. The zero-order valence-electron chi connectivity index (χ0n) is 14.2. The highest BCUT2D eigenvalue weighted by Gasteiger charge is 2.26. The van der Waals surface area contributed by atoms with Gasteiger partial charge < -0.3 is 9.64 Å². The molecule has 1 atom stereocenters. The van der Waals surface area contributed by atoms with E-state index < -0.39 is 0 Å². The van der Waals surface area contributed by atoms with Crippen molar-refractivity contribution in [2.45, 2.75) is 30.2 Å². The molecule has 0 aliphatic heterocycles. The summed E-state index contributed by atoms with van der Waals surface area (Å²) in [5.74, 6) is 1.47. The van der Waals surface area contributed by atoms with Crippen LogP contribution in [0, 0.1) is 0 Å². The number of hydrogen-bond acceptors (Lipinski definition) is 3. The fourth-order valence-electron chi connectivity index (χ4n) is 3.22. The molecule has 0 saturated carbocycles. The summed E-state index contributed by atoms with van der Waals surface area (Å²) in [4.78, 5) is 15.6. The molecule has 1 unspecified atom stereocenters. The number of hydrogen-bond donors (Lipinski definition) is 0. The zero-order valence-corrected chi connectivity index (χ0v) is 15.0. The van der Waals surface area contributed by atoms with E-state index >= 15 is 0 Å². The van der Waals surface area contributed by atoms with Crippen molar-refractivity contribution < 1.29 is 9.53 Å². The van der Waals surface area contributed by atoms with Crippen molar-refractivity contribution >= 4 is 17.7 Å². The molecule has 3 rings (SSSR count). The van der Waals surface area contributed by atoms with E-state index in [4.69, 9.17) is 4.74 Å². The summed E-state index contributed by atoms with van der Waals surface area (Å²) in [6.45, 7) is 0. The Morgan fingerprint density at radius 3 is 2.71 bits per heavy atom. The molecule has 0 heterocycles. The normalized spacial score (nSPS) is 16.3. The standard InChI is InChI=1S/C20H23NO2S/c1-21(19-9-5-7-15-6-3-4-8-18(15)19)20(22)14-24-17-12-10-16(23-2)11-13-17/h3-4,6,8,10-13,19H,5,7,9,14H2,1-2H3. The van der Waals surface area contributed by atoms with E-state index in [2.05, 4.69) is 24.3 Å². The van der Waals surface area contributed by atoms with Gasteiger partial charge in [0.15, 0.2) is 0 Å². The summed E-state index contributed by atoms with van der Waals surface area (Å²) >= 11 is 1.57. The molecular formula is C20H23NO2S. The van der Waals surface area contributed by atoms with Gasteiger partial charge in [0.25, 0.3) is 0 Å². The Labute approximate surface area is 148 Å². The van der Waals surface area contributed by atoms with Gasteiger partial charge in [0.1, 0.15) is 5.75 Å². The molecule has 0 radical (unpaired) electrons. The number of rotatable bonds is 5. The van der Waals surface area contributed by atoms with Gasteiger partial charge in [0.05, 0.1) is 18.9 Å². The van der Waals surface area contributed by atoms with Gasteiger partial charge in [0.2, 0.25) is 5.91 Å².